The maximum Gasteiger partial charge on any atom is 0.754 e. The zero-order chi connectivity index (χ0) is 18.5. The van der Waals surface area contributed by atoms with Crippen molar-refractivity contribution >= 4 is 24.3 Å². The summed E-state index contributed by atoms with van der Waals surface area (Å²) in [5.41, 5.74) is 0. The lowest BCUT2D eigenvalue weighted by atomic mass is 10.9. The van der Waals surface area contributed by atoms with E-state index < -0.39 is 24.3 Å². The maximum absolute atomic E-state index is 12.3. The molecule has 0 bridgehead atoms. The van der Waals surface area contributed by atoms with E-state index in [-0.39, 0.29) is 39.6 Å². The Morgan fingerprint density at radius 1 is 0.542 bits per heavy atom. The van der Waals surface area contributed by atoms with E-state index in [0.717, 1.165) is 0 Å². The van der Waals surface area contributed by atoms with Crippen molar-refractivity contribution in [1.82, 2.24) is 0 Å². The summed E-state index contributed by atoms with van der Waals surface area (Å²) >= 11 is 0. The Kier molecular flexibility index (Phi) is 12.5. The van der Waals surface area contributed by atoms with Crippen LogP contribution in [0.3, 0.4) is 0 Å². The van der Waals surface area contributed by atoms with Gasteiger partial charge in [-0.2, -0.15) is 0 Å². The van der Waals surface area contributed by atoms with Crippen molar-refractivity contribution in [2.45, 2.75) is 41.5 Å². The highest BCUT2D eigenvalue weighted by Crippen LogP contribution is 2.18. The van der Waals surface area contributed by atoms with Gasteiger partial charge in [0.2, 0.25) is 0 Å². The van der Waals surface area contributed by atoms with E-state index >= 15 is 0 Å². The molecule has 0 saturated heterocycles. The first-order chi connectivity index (χ1) is 11.5. The molecule has 0 spiro atoms. The van der Waals surface area contributed by atoms with E-state index in [1.807, 2.05) is 0 Å². The first kappa shape index (κ1) is 23.5. The van der Waals surface area contributed by atoms with Crippen LogP contribution >= 0.6 is 0 Å². The summed E-state index contributed by atoms with van der Waals surface area (Å²) in [5, 5.41) is 0. The second kappa shape index (κ2) is 12.8. The molecular formula is C13H30O9Si2. The van der Waals surface area contributed by atoms with Crippen LogP contribution in [0.4, 0.5) is 4.79 Å². The molecule has 0 aromatic carbocycles. The molecule has 0 aromatic rings. The van der Waals surface area contributed by atoms with Crippen molar-refractivity contribution in [1.29, 1.82) is 0 Å². The fourth-order valence-electron chi connectivity index (χ4n) is 1.71. The monoisotopic (exact) mass is 386 g/mol. The van der Waals surface area contributed by atoms with Crippen molar-refractivity contribution in [3.8, 4) is 0 Å². The first-order valence-electron chi connectivity index (χ1n) is 8.22. The number of rotatable bonds is 14. The van der Waals surface area contributed by atoms with Gasteiger partial charge < -0.3 is 35.4 Å². The van der Waals surface area contributed by atoms with Crippen LogP contribution in [0.5, 0.6) is 0 Å². The summed E-state index contributed by atoms with van der Waals surface area (Å²) in [4.78, 5) is 12.3. The zero-order valence-electron chi connectivity index (χ0n) is 15.4. The number of carbonyl (C=O) groups is 1. The SMILES string of the molecule is CCO[Si](OCC)(OCC)OC(=O)O[Si](OCC)(OCC)OCC. The summed E-state index contributed by atoms with van der Waals surface area (Å²) in [6.07, 6.45) is -1.07. The molecule has 0 N–H and O–H groups in total. The average molecular weight is 387 g/mol. The van der Waals surface area contributed by atoms with E-state index in [4.69, 9.17) is 35.4 Å². The fraction of sp³-hybridized carbons (Fsp3) is 0.923. The predicted molar refractivity (Wildman–Crippen MR) is 88.8 cm³/mol. The van der Waals surface area contributed by atoms with Gasteiger partial charge in [-0.25, -0.2) is 4.79 Å². The minimum Gasteiger partial charge on any atom is -0.420 e. The number of hydrogen-bond acceptors (Lipinski definition) is 9. The standard InChI is InChI=1S/C13H30O9Si2/c1-7-15-23(16-8-2,17-9-3)21-13(14)22-24(18-10-4,19-11-5)20-12-6/h7-12H2,1-6H3. The molecule has 0 fully saturated rings. The van der Waals surface area contributed by atoms with Gasteiger partial charge in [0.15, 0.2) is 0 Å². The van der Waals surface area contributed by atoms with Crippen LogP contribution in [0.25, 0.3) is 0 Å². The molecule has 144 valence electrons. The van der Waals surface area contributed by atoms with Crippen LogP contribution in [-0.2, 0) is 35.4 Å². The van der Waals surface area contributed by atoms with E-state index in [0.29, 0.717) is 0 Å². The maximum atomic E-state index is 12.3. The Balaban J connectivity index is 5.16. The molecule has 0 amide bonds. The highest BCUT2D eigenvalue weighted by Gasteiger charge is 2.55. The van der Waals surface area contributed by atoms with Crippen LogP contribution in [0.1, 0.15) is 41.5 Å². The highest BCUT2D eigenvalue weighted by atomic mass is 28.4. The van der Waals surface area contributed by atoms with Gasteiger partial charge in [0.25, 0.3) is 0 Å². The minimum atomic E-state index is -3.65. The summed E-state index contributed by atoms with van der Waals surface area (Å²) in [6, 6.07) is 0. The largest absolute Gasteiger partial charge is 0.754 e. The average Bonchev–Trinajstić information content (AvgIpc) is 2.48. The van der Waals surface area contributed by atoms with Crippen LogP contribution in [0.15, 0.2) is 0 Å². The van der Waals surface area contributed by atoms with E-state index in [1.165, 1.54) is 0 Å². The van der Waals surface area contributed by atoms with Crippen LogP contribution in [0, 0.1) is 0 Å². The van der Waals surface area contributed by atoms with Gasteiger partial charge in [0.05, 0.1) is 0 Å². The predicted octanol–water partition coefficient (Wildman–Crippen LogP) is 2.23. The molecule has 11 heteroatoms. The lowest BCUT2D eigenvalue weighted by Gasteiger charge is -2.29. The van der Waals surface area contributed by atoms with Crippen molar-refractivity contribution in [3.05, 3.63) is 0 Å². The Hall–Kier alpha value is -0.536. The third-order valence-electron chi connectivity index (χ3n) is 2.34. The normalized spacial score (nSPS) is 12.2. The van der Waals surface area contributed by atoms with Crippen molar-refractivity contribution in [3.63, 3.8) is 0 Å². The lowest BCUT2D eigenvalue weighted by molar-refractivity contribution is -0.0433. The minimum absolute atomic E-state index is 0.254. The second-order valence-electron chi connectivity index (χ2n) is 4.05. The molecule has 0 rings (SSSR count). The van der Waals surface area contributed by atoms with E-state index in [1.54, 1.807) is 41.5 Å². The molecular weight excluding hydrogens is 356 g/mol. The highest BCUT2D eigenvalue weighted by molar-refractivity contribution is 6.58. The third kappa shape index (κ3) is 8.03. The van der Waals surface area contributed by atoms with Gasteiger partial charge >= 0.3 is 24.3 Å². The quantitative estimate of drug-likeness (QED) is 0.417. The van der Waals surface area contributed by atoms with Gasteiger partial charge in [-0.05, 0) is 41.5 Å². The molecule has 0 heterocycles. The number of carbonyl (C=O) groups excluding carboxylic acids is 1. The smallest absolute Gasteiger partial charge is 0.420 e. The lowest BCUT2D eigenvalue weighted by Crippen LogP contribution is -2.55. The van der Waals surface area contributed by atoms with Gasteiger partial charge in [0, 0.05) is 39.6 Å². The van der Waals surface area contributed by atoms with Crippen LogP contribution in [-0.4, -0.2) is 63.9 Å². The van der Waals surface area contributed by atoms with Gasteiger partial charge in [-0.1, -0.05) is 0 Å². The van der Waals surface area contributed by atoms with Crippen LogP contribution in [0.2, 0.25) is 0 Å². The summed E-state index contributed by atoms with van der Waals surface area (Å²) < 4.78 is 43.2. The van der Waals surface area contributed by atoms with Crippen molar-refractivity contribution in [2.75, 3.05) is 39.6 Å². The summed E-state index contributed by atoms with van der Waals surface area (Å²) in [5.74, 6) is 0. The molecule has 0 saturated carbocycles. The van der Waals surface area contributed by atoms with Gasteiger partial charge in [-0.15, -0.1) is 0 Å². The van der Waals surface area contributed by atoms with Crippen LogP contribution < -0.4 is 0 Å². The molecule has 0 radical (unpaired) electrons. The Morgan fingerprint density at radius 2 is 0.750 bits per heavy atom. The second-order valence-corrected chi connectivity index (χ2v) is 8.19. The Bertz CT molecular complexity index is 279. The molecule has 0 unspecified atom stereocenters. The molecule has 0 aliphatic heterocycles. The van der Waals surface area contributed by atoms with Crippen molar-refractivity contribution in [2.24, 2.45) is 0 Å². The molecule has 0 aliphatic carbocycles. The Morgan fingerprint density at radius 3 is 0.917 bits per heavy atom. The molecule has 0 aromatic heterocycles. The molecule has 9 nitrogen and oxygen atoms in total. The molecule has 0 aliphatic rings. The third-order valence-corrected chi connectivity index (χ3v) is 7.03. The van der Waals surface area contributed by atoms with Gasteiger partial charge in [0.1, 0.15) is 0 Å². The van der Waals surface area contributed by atoms with E-state index in [9.17, 15) is 4.79 Å². The topological polar surface area (TPSA) is 90.9 Å². The van der Waals surface area contributed by atoms with Gasteiger partial charge in [-0.3, -0.25) is 0 Å². The first-order valence-corrected chi connectivity index (χ1v) is 11.5. The van der Waals surface area contributed by atoms with Crippen molar-refractivity contribution < 1.29 is 40.2 Å². The fourth-order valence-corrected chi connectivity index (χ4v) is 5.26. The number of hydrogen-bond donors (Lipinski definition) is 0. The molecule has 0 atom stereocenters. The Labute approximate surface area is 146 Å². The zero-order valence-corrected chi connectivity index (χ0v) is 17.4. The molecule has 24 heavy (non-hydrogen) atoms. The summed E-state index contributed by atoms with van der Waals surface area (Å²) in [6.45, 7) is 12.0. The summed E-state index contributed by atoms with van der Waals surface area (Å²) in [7, 11) is -7.29. The van der Waals surface area contributed by atoms with E-state index in [2.05, 4.69) is 0 Å².